The van der Waals surface area contributed by atoms with E-state index in [-0.39, 0.29) is 18.4 Å². The van der Waals surface area contributed by atoms with Crippen LogP contribution in [0.15, 0.2) is 18.2 Å². The molecule has 0 heterocycles. The summed E-state index contributed by atoms with van der Waals surface area (Å²) >= 11 is 0. The summed E-state index contributed by atoms with van der Waals surface area (Å²) in [5.41, 5.74) is 11.7. The molecule has 0 saturated heterocycles. The summed E-state index contributed by atoms with van der Waals surface area (Å²) in [6.45, 7) is 4.21. The molecule has 0 fully saturated rings. The normalized spacial score (nSPS) is 10.4. The van der Waals surface area contributed by atoms with Crippen molar-refractivity contribution in [3.05, 3.63) is 23.8 Å². The average Bonchev–Trinajstić information content (AvgIpc) is 2.36. The number of benzene rings is 1. The Balaban J connectivity index is 3.07. The zero-order valence-corrected chi connectivity index (χ0v) is 12.1. The lowest BCUT2D eigenvalue weighted by atomic mass is 10.1. The molecule has 4 N–H and O–H groups in total. The molecule has 1 aromatic carbocycles. The maximum absolute atomic E-state index is 12.5. The second-order valence-corrected chi connectivity index (χ2v) is 5.00. The van der Waals surface area contributed by atoms with Gasteiger partial charge >= 0.3 is 0 Å². The summed E-state index contributed by atoms with van der Waals surface area (Å²) in [7, 11) is 1.51. The van der Waals surface area contributed by atoms with Gasteiger partial charge in [-0.05, 0) is 24.1 Å². The highest BCUT2D eigenvalue weighted by atomic mass is 16.5. The van der Waals surface area contributed by atoms with Gasteiger partial charge in [-0.2, -0.15) is 0 Å². The number of anilines is 1. The highest BCUT2D eigenvalue weighted by molar-refractivity contribution is 6.01. The van der Waals surface area contributed by atoms with Gasteiger partial charge in [0.1, 0.15) is 5.75 Å². The van der Waals surface area contributed by atoms with E-state index < -0.39 is 5.91 Å². The van der Waals surface area contributed by atoms with Crippen LogP contribution in [0.1, 0.15) is 24.2 Å². The lowest BCUT2D eigenvalue weighted by Gasteiger charge is -2.24. The molecule has 0 aliphatic carbocycles. The minimum atomic E-state index is -0.555. The smallest absolute Gasteiger partial charge is 0.256 e. The molecule has 0 bridgehead atoms. The van der Waals surface area contributed by atoms with Crippen LogP contribution in [0.2, 0.25) is 0 Å². The van der Waals surface area contributed by atoms with Crippen LogP contribution in [0.3, 0.4) is 0 Å². The topological polar surface area (TPSA) is 98.7 Å². The van der Waals surface area contributed by atoms with Gasteiger partial charge in [0.2, 0.25) is 5.91 Å². The monoisotopic (exact) mass is 279 g/mol. The highest BCUT2D eigenvalue weighted by Gasteiger charge is 2.21. The number of carbonyl (C=O) groups is 2. The largest absolute Gasteiger partial charge is 0.497 e. The maximum atomic E-state index is 12.5. The van der Waals surface area contributed by atoms with Gasteiger partial charge in [0.05, 0.1) is 19.2 Å². The van der Waals surface area contributed by atoms with Gasteiger partial charge in [0, 0.05) is 12.2 Å². The second-order valence-electron chi connectivity index (χ2n) is 5.00. The predicted octanol–water partition coefficient (Wildman–Crippen LogP) is 0.861. The molecule has 20 heavy (non-hydrogen) atoms. The molecule has 1 rings (SSSR count). The van der Waals surface area contributed by atoms with Crippen LogP contribution in [-0.2, 0) is 4.79 Å². The minimum absolute atomic E-state index is 0.131. The van der Waals surface area contributed by atoms with Crippen molar-refractivity contribution in [3.63, 3.8) is 0 Å². The Morgan fingerprint density at radius 2 is 2.00 bits per heavy atom. The molecule has 0 atom stereocenters. The van der Waals surface area contributed by atoms with E-state index in [1.807, 2.05) is 13.8 Å². The number of methoxy groups -OCH3 is 1. The third-order valence-corrected chi connectivity index (χ3v) is 2.71. The standard InChI is InChI=1S/C14H21N3O3/c1-9(2)7-17(8-13(16)18)14(19)11-6-10(20-3)4-5-12(11)15/h4-6,9H,7-8,15H2,1-3H3,(H2,16,18). The molecular weight excluding hydrogens is 258 g/mol. The number of carbonyl (C=O) groups excluding carboxylic acids is 2. The van der Waals surface area contributed by atoms with Crippen LogP contribution in [0, 0.1) is 5.92 Å². The van der Waals surface area contributed by atoms with E-state index in [0.717, 1.165) is 0 Å². The number of hydrogen-bond donors (Lipinski definition) is 2. The Morgan fingerprint density at radius 3 is 2.50 bits per heavy atom. The summed E-state index contributed by atoms with van der Waals surface area (Å²) in [5, 5.41) is 0. The van der Waals surface area contributed by atoms with Crippen molar-refractivity contribution in [2.24, 2.45) is 11.7 Å². The third kappa shape index (κ3) is 4.15. The Labute approximate surface area is 118 Å². The fraction of sp³-hybridized carbons (Fsp3) is 0.429. The van der Waals surface area contributed by atoms with E-state index in [1.165, 1.54) is 12.0 Å². The van der Waals surface area contributed by atoms with Crippen LogP contribution in [0.5, 0.6) is 5.75 Å². The quantitative estimate of drug-likeness (QED) is 0.754. The first-order valence-corrected chi connectivity index (χ1v) is 6.36. The Morgan fingerprint density at radius 1 is 1.35 bits per heavy atom. The molecule has 0 radical (unpaired) electrons. The van der Waals surface area contributed by atoms with E-state index in [4.69, 9.17) is 16.2 Å². The molecule has 0 aromatic heterocycles. The first-order chi connectivity index (χ1) is 9.35. The molecule has 0 unspecified atom stereocenters. The summed E-state index contributed by atoms with van der Waals surface area (Å²) in [6, 6.07) is 4.84. The van der Waals surface area contributed by atoms with Crippen LogP contribution in [0.4, 0.5) is 5.69 Å². The molecule has 0 saturated carbocycles. The van der Waals surface area contributed by atoms with E-state index >= 15 is 0 Å². The molecule has 0 aliphatic rings. The predicted molar refractivity (Wildman–Crippen MR) is 77.3 cm³/mol. The van der Waals surface area contributed by atoms with E-state index in [1.54, 1.807) is 18.2 Å². The van der Waals surface area contributed by atoms with E-state index in [9.17, 15) is 9.59 Å². The van der Waals surface area contributed by atoms with Crippen molar-refractivity contribution in [1.82, 2.24) is 4.90 Å². The molecule has 0 aliphatic heterocycles. The van der Waals surface area contributed by atoms with Gasteiger partial charge in [0.15, 0.2) is 0 Å². The number of nitrogen functional groups attached to an aromatic ring is 1. The van der Waals surface area contributed by atoms with Gasteiger partial charge in [-0.25, -0.2) is 0 Å². The molecule has 2 amide bonds. The molecule has 6 nitrogen and oxygen atoms in total. The van der Waals surface area contributed by atoms with Gasteiger partial charge in [-0.1, -0.05) is 13.8 Å². The first kappa shape index (κ1) is 15.8. The van der Waals surface area contributed by atoms with Crippen molar-refractivity contribution in [1.29, 1.82) is 0 Å². The van der Waals surface area contributed by atoms with Crippen molar-refractivity contribution in [2.45, 2.75) is 13.8 Å². The summed E-state index contributed by atoms with van der Waals surface area (Å²) in [4.78, 5) is 25.0. The third-order valence-electron chi connectivity index (χ3n) is 2.71. The molecule has 6 heteroatoms. The summed E-state index contributed by atoms with van der Waals surface area (Å²) in [6.07, 6.45) is 0. The van der Waals surface area contributed by atoms with Crippen LogP contribution in [-0.4, -0.2) is 36.9 Å². The molecule has 1 aromatic rings. The highest BCUT2D eigenvalue weighted by Crippen LogP contribution is 2.21. The number of rotatable bonds is 6. The van der Waals surface area contributed by atoms with Crippen LogP contribution < -0.4 is 16.2 Å². The summed E-state index contributed by atoms with van der Waals surface area (Å²) in [5.74, 6) is -0.134. The average molecular weight is 279 g/mol. The fourth-order valence-electron chi connectivity index (χ4n) is 1.87. The van der Waals surface area contributed by atoms with Crippen molar-refractivity contribution in [3.8, 4) is 5.75 Å². The maximum Gasteiger partial charge on any atom is 0.256 e. The number of primary amides is 1. The lowest BCUT2D eigenvalue weighted by Crippen LogP contribution is -2.40. The van der Waals surface area contributed by atoms with E-state index in [2.05, 4.69) is 0 Å². The number of nitrogens with zero attached hydrogens (tertiary/aromatic N) is 1. The number of ether oxygens (including phenoxy) is 1. The Kier molecular flexibility index (Phi) is 5.37. The molecule has 110 valence electrons. The van der Waals surface area contributed by atoms with Gasteiger partial charge in [0.25, 0.3) is 5.91 Å². The van der Waals surface area contributed by atoms with Gasteiger partial charge in [-0.15, -0.1) is 0 Å². The summed E-state index contributed by atoms with van der Waals surface area (Å²) < 4.78 is 5.08. The minimum Gasteiger partial charge on any atom is -0.497 e. The lowest BCUT2D eigenvalue weighted by molar-refractivity contribution is -0.118. The number of amides is 2. The second kappa shape index (κ2) is 6.79. The van der Waals surface area contributed by atoms with Crippen LogP contribution >= 0.6 is 0 Å². The fourth-order valence-corrected chi connectivity index (χ4v) is 1.87. The molecule has 0 spiro atoms. The Bertz CT molecular complexity index is 500. The number of nitrogens with two attached hydrogens (primary N) is 2. The van der Waals surface area contributed by atoms with Crippen LogP contribution in [0.25, 0.3) is 0 Å². The molecular formula is C14H21N3O3. The zero-order valence-electron chi connectivity index (χ0n) is 12.1. The van der Waals surface area contributed by atoms with Gasteiger partial charge in [-0.3, -0.25) is 9.59 Å². The zero-order chi connectivity index (χ0) is 15.3. The van der Waals surface area contributed by atoms with E-state index in [0.29, 0.717) is 23.5 Å². The Hall–Kier alpha value is -2.24. The van der Waals surface area contributed by atoms with Crippen molar-refractivity contribution in [2.75, 3.05) is 25.9 Å². The number of hydrogen-bond acceptors (Lipinski definition) is 4. The first-order valence-electron chi connectivity index (χ1n) is 6.36. The van der Waals surface area contributed by atoms with Crippen molar-refractivity contribution >= 4 is 17.5 Å². The van der Waals surface area contributed by atoms with Gasteiger partial charge < -0.3 is 21.1 Å². The van der Waals surface area contributed by atoms with Crippen molar-refractivity contribution < 1.29 is 14.3 Å². The SMILES string of the molecule is COc1ccc(N)c(C(=O)N(CC(N)=O)CC(C)C)c1.